The number of halogens is 2. The lowest BCUT2D eigenvalue weighted by atomic mass is 10.0. The van der Waals surface area contributed by atoms with Crippen LogP contribution in [-0.2, 0) is 6.42 Å². The van der Waals surface area contributed by atoms with Gasteiger partial charge in [0.1, 0.15) is 5.82 Å². The van der Waals surface area contributed by atoms with E-state index in [0.29, 0.717) is 10.0 Å². The first-order valence-electron chi connectivity index (χ1n) is 8.52. The topological polar surface area (TPSA) is 29.9 Å². The molecule has 128 valence electrons. The smallest absolute Gasteiger partial charge is 0.133 e. The minimum Gasteiger partial charge on any atom is -0.370 e. The van der Waals surface area contributed by atoms with Crippen molar-refractivity contribution in [3.05, 3.63) is 63.6 Å². The zero-order chi connectivity index (χ0) is 17.4. The van der Waals surface area contributed by atoms with Gasteiger partial charge >= 0.3 is 0 Å². The Hall–Kier alpha value is -1.97. The molecule has 1 aliphatic heterocycles. The maximum Gasteiger partial charge on any atom is 0.133 e. The lowest BCUT2D eigenvalue weighted by molar-refractivity contribution is 0.780. The van der Waals surface area contributed by atoms with Crippen LogP contribution >= 0.6 is 23.2 Å². The molecule has 3 aromatic rings. The molecule has 25 heavy (non-hydrogen) atoms. The first-order valence-corrected chi connectivity index (χ1v) is 9.27. The number of aromatic nitrogens is 2. The average molecular weight is 372 g/mol. The molecule has 0 radical (unpaired) electrons. The Bertz CT molecular complexity index is 913. The second-order valence-electron chi connectivity index (χ2n) is 6.43. The van der Waals surface area contributed by atoms with Crippen molar-refractivity contribution in [3.63, 3.8) is 0 Å². The third-order valence-corrected chi connectivity index (χ3v) is 5.15. The van der Waals surface area contributed by atoms with Crippen molar-refractivity contribution >= 4 is 29.0 Å². The summed E-state index contributed by atoms with van der Waals surface area (Å²) in [7, 11) is 0. The summed E-state index contributed by atoms with van der Waals surface area (Å²) in [4.78, 5) is 0. The Labute approximate surface area is 157 Å². The monoisotopic (exact) mass is 371 g/mol. The van der Waals surface area contributed by atoms with E-state index < -0.39 is 0 Å². The Morgan fingerprint density at radius 3 is 2.64 bits per heavy atom. The number of nitrogens with zero attached hydrogens (tertiary/aromatic N) is 2. The molecule has 1 aromatic heterocycles. The van der Waals surface area contributed by atoms with E-state index in [4.69, 9.17) is 28.3 Å². The van der Waals surface area contributed by atoms with E-state index in [-0.39, 0.29) is 0 Å². The van der Waals surface area contributed by atoms with Gasteiger partial charge in [-0.1, -0.05) is 53.0 Å². The molecule has 1 aliphatic rings. The SMILES string of the molecule is Cc1ccc(-c2nn(-c3cc(Cl)ccc3Cl)c3c2CCCCN3)cc1. The highest BCUT2D eigenvalue weighted by atomic mass is 35.5. The van der Waals surface area contributed by atoms with E-state index in [1.165, 1.54) is 11.1 Å². The molecule has 0 fully saturated rings. The summed E-state index contributed by atoms with van der Waals surface area (Å²) in [6.07, 6.45) is 3.29. The molecule has 0 saturated heterocycles. The fourth-order valence-electron chi connectivity index (χ4n) is 3.27. The quantitative estimate of drug-likeness (QED) is 0.607. The van der Waals surface area contributed by atoms with Crippen LogP contribution < -0.4 is 5.32 Å². The van der Waals surface area contributed by atoms with E-state index in [1.54, 1.807) is 6.07 Å². The summed E-state index contributed by atoms with van der Waals surface area (Å²) in [5.74, 6) is 1.03. The Balaban J connectivity index is 1.93. The number of hydrogen-bond donors (Lipinski definition) is 1. The third kappa shape index (κ3) is 3.14. The van der Waals surface area contributed by atoms with Crippen molar-refractivity contribution in [2.24, 2.45) is 0 Å². The standard InChI is InChI=1S/C20H19Cl2N3/c1-13-5-7-14(8-6-13)19-16-4-2-3-11-23-20(16)25(24-19)18-12-15(21)9-10-17(18)22/h5-10,12,23H,2-4,11H2,1H3. The Morgan fingerprint density at radius 2 is 1.84 bits per heavy atom. The van der Waals surface area contributed by atoms with E-state index in [9.17, 15) is 0 Å². The molecule has 2 aromatic carbocycles. The van der Waals surface area contributed by atoms with E-state index in [1.807, 2.05) is 16.8 Å². The highest BCUT2D eigenvalue weighted by molar-refractivity contribution is 6.34. The number of rotatable bonds is 2. The molecule has 0 atom stereocenters. The average Bonchev–Trinajstić information content (AvgIpc) is 2.79. The highest BCUT2D eigenvalue weighted by Crippen LogP contribution is 2.36. The van der Waals surface area contributed by atoms with Crippen LogP contribution in [0, 0.1) is 6.92 Å². The van der Waals surface area contributed by atoms with Gasteiger partial charge in [0, 0.05) is 22.7 Å². The molecule has 0 bridgehead atoms. The third-order valence-electron chi connectivity index (χ3n) is 4.59. The van der Waals surface area contributed by atoms with Crippen molar-refractivity contribution in [1.29, 1.82) is 0 Å². The Morgan fingerprint density at radius 1 is 1.04 bits per heavy atom. The van der Waals surface area contributed by atoms with Gasteiger partial charge in [-0.25, -0.2) is 4.68 Å². The molecule has 0 aliphatic carbocycles. The van der Waals surface area contributed by atoms with Crippen LogP contribution in [0.3, 0.4) is 0 Å². The molecule has 5 heteroatoms. The number of anilines is 1. The lowest BCUT2D eigenvalue weighted by Crippen LogP contribution is -2.07. The second-order valence-corrected chi connectivity index (χ2v) is 7.28. The van der Waals surface area contributed by atoms with Gasteiger partial charge in [-0.2, -0.15) is 5.10 Å². The van der Waals surface area contributed by atoms with Crippen LogP contribution in [0.2, 0.25) is 10.0 Å². The van der Waals surface area contributed by atoms with Crippen molar-refractivity contribution in [2.75, 3.05) is 11.9 Å². The molecule has 0 saturated carbocycles. The highest BCUT2D eigenvalue weighted by Gasteiger charge is 2.22. The number of fused-ring (bicyclic) bond motifs is 1. The molecule has 1 N–H and O–H groups in total. The van der Waals surface area contributed by atoms with Gasteiger partial charge in [0.25, 0.3) is 0 Å². The first kappa shape index (κ1) is 16.5. The zero-order valence-electron chi connectivity index (χ0n) is 14.0. The summed E-state index contributed by atoms with van der Waals surface area (Å²) in [5.41, 5.74) is 5.43. The lowest BCUT2D eigenvalue weighted by Gasteiger charge is -2.11. The minimum absolute atomic E-state index is 0.635. The number of aryl methyl sites for hydroxylation is 1. The molecule has 0 amide bonds. The van der Waals surface area contributed by atoms with Gasteiger partial charge in [-0.15, -0.1) is 0 Å². The normalized spacial score (nSPS) is 13.9. The van der Waals surface area contributed by atoms with Crippen LogP contribution in [0.1, 0.15) is 24.0 Å². The molecule has 4 rings (SSSR count). The molecule has 0 unspecified atom stereocenters. The number of hydrogen-bond acceptors (Lipinski definition) is 2. The molecule has 0 spiro atoms. The summed E-state index contributed by atoms with van der Waals surface area (Å²) in [6, 6.07) is 14.0. The second kappa shape index (κ2) is 6.74. The largest absolute Gasteiger partial charge is 0.370 e. The summed E-state index contributed by atoms with van der Waals surface area (Å²) < 4.78 is 1.91. The van der Waals surface area contributed by atoms with Crippen molar-refractivity contribution in [2.45, 2.75) is 26.2 Å². The fraction of sp³-hybridized carbons (Fsp3) is 0.250. The molecule has 3 nitrogen and oxygen atoms in total. The van der Waals surface area contributed by atoms with Crippen LogP contribution in [0.5, 0.6) is 0 Å². The van der Waals surface area contributed by atoms with Gasteiger partial charge in [-0.05, 0) is 44.4 Å². The number of benzene rings is 2. The molecule has 2 heterocycles. The molecular weight excluding hydrogens is 353 g/mol. The maximum absolute atomic E-state index is 6.44. The van der Waals surface area contributed by atoms with Gasteiger partial charge in [-0.3, -0.25) is 0 Å². The predicted octanol–water partition coefficient (Wildman–Crippen LogP) is 5.90. The Kier molecular flexibility index (Phi) is 4.45. The van der Waals surface area contributed by atoms with Crippen LogP contribution in [0.15, 0.2) is 42.5 Å². The summed E-state index contributed by atoms with van der Waals surface area (Å²) >= 11 is 12.6. The summed E-state index contributed by atoms with van der Waals surface area (Å²) in [5, 5.41) is 9.74. The van der Waals surface area contributed by atoms with Gasteiger partial charge in [0.15, 0.2) is 0 Å². The van der Waals surface area contributed by atoms with E-state index in [0.717, 1.165) is 48.6 Å². The summed E-state index contributed by atoms with van der Waals surface area (Å²) in [6.45, 7) is 3.03. The van der Waals surface area contributed by atoms with E-state index in [2.05, 4.69) is 36.5 Å². The van der Waals surface area contributed by atoms with E-state index >= 15 is 0 Å². The van der Waals surface area contributed by atoms with Crippen molar-refractivity contribution in [1.82, 2.24) is 9.78 Å². The predicted molar refractivity (Wildman–Crippen MR) is 105 cm³/mol. The molecular formula is C20H19Cl2N3. The maximum atomic E-state index is 6.44. The van der Waals surface area contributed by atoms with Crippen LogP contribution in [0.25, 0.3) is 16.9 Å². The number of nitrogens with one attached hydrogen (secondary N) is 1. The van der Waals surface area contributed by atoms with Crippen molar-refractivity contribution in [3.8, 4) is 16.9 Å². The van der Waals surface area contributed by atoms with Crippen LogP contribution in [-0.4, -0.2) is 16.3 Å². The van der Waals surface area contributed by atoms with Gasteiger partial charge in [0.05, 0.1) is 16.4 Å². The zero-order valence-corrected chi connectivity index (χ0v) is 15.5. The minimum atomic E-state index is 0.635. The van der Waals surface area contributed by atoms with Crippen molar-refractivity contribution < 1.29 is 0 Å². The first-order chi connectivity index (χ1) is 12.1. The fourth-order valence-corrected chi connectivity index (χ4v) is 3.63. The van der Waals surface area contributed by atoms with Gasteiger partial charge < -0.3 is 5.32 Å². The van der Waals surface area contributed by atoms with Gasteiger partial charge in [0.2, 0.25) is 0 Å². The van der Waals surface area contributed by atoms with Crippen LogP contribution in [0.4, 0.5) is 5.82 Å².